The molecule has 2 N–H and O–H groups in total. The molecule has 5 nitrogen and oxygen atoms in total. The highest BCUT2D eigenvalue weighted by Crippen LogP contribution is 1.91. The first kappa shape index (κ1) is 13.6. The van der Waals surface area contributed by atoms with Gasteiger partial charge in [0, 0.05) is 18.3 Å². The van der Waals surface area contributed by atoms with E-state index in [1.807, 2.05) is 18.2 Å². The zero-order chi connectivity index (χ0) is 12.4. The molecular weight excluding hydrogens is 210 g/mol. The van der Waals surface area contributed by atoms with Crippen molar-refractivity contribution in [3.05, 3.63) is 48.8 Å². The first-order chi connectivity index (χ1) is 7.56. The Morgan fingerprint density at radius 1 is 1.19 bits per heavy atom. The molecule has 16 heavy (non-hydrogen) atoms. The predicted molar refractivity (Wildman–Crippen MR) is 58.7 cm³/mol. The fourth-order valence-corrected chi connectivity index (χ4v) is 0.639. The van der Waals surface area contributed by atoms with Gasteiger partial charge in [0.2, 0.25) is 0 Å². The van der Waals surface area contributed by atoms with Crippen LogP contribution in [0.15, 0.2) is 43.1 Å². The molecular formula is C11H11NO4. The summed E-state index contributed by atoms with van der Waals surface area (Å²) < 4.78 is 0. The minimum absolute atomic E-state index is 0.558. The lowest BCUT2D eigenvalue weighted by Gasteiger charge is -1.84. The first-order valence-electron chi connectivity index (χ1n) is 4.23. The van der Waals surface area contributed by atoms with Crippen LogP contribution in [-0.4, -0.2) is 27.1 Å². The van der Waals surface area contributed by atoms with Crippen molar-refractivity contribution in [3.63, 3.8) is 0 Å². The van der Waals surface area contributed by atoms with Gasteiger partial charge in [-0.05, 0) is 18.2 Å². The van der Waals surface area contributed by atoms with Crippen LogP contribution in [0.1, 0.15) is 5.69 Å². The van der Waals surface area contributed by atoms with Crippen LogP contribution in [0.5, 0.6) is 0 Å². The first-order valence-corrected chi connectivity index (χ1v) is 4.23. The van der Waals surface area contributed by atoms with E-state index in [2.05, 4.69) is 11.6 Å². The normalized spacial score (nSPS) is 9.00. The molecule has 0 saturated carbocycles. The van der Waals surface area contributed by atoms with Crippen molar-refractivity contribution in [2.45, 2.75) is 0 Å². The standard InChI is InChI=1S/C7H7N.C4H4O4/c1-2-7-5-3-4-6-8-7;5-3(6)1-2-4(7)8/h2-6H,1H2;1-2H,(H,5,6)(H,7,8)/b;2-1-. The van der Waals surface area contributed by atoms with E-state index in [-0.39, 0.29) is 0 Å². The maximum Gasteiger partial charge on any atom is 0.328 e. The Hall–Kier alpha value is -2.43. The van der Waals surface area contributed by atoms with Crippen LogP contribution < -0.4 is 0 Å². The minimum atomic E-state index is -1.26. The summed E-state index contributed by atoms with van der Waals surface area (Å²) >= 11 is 0. The van der Waals surface area contributed by atoms with Crippen molar-refractivity contribution in [3.8, 4) is 0 Å². The van der Waals surface area contributed by atoms with Crippen LogP contribution >= 0.6 is 0 Å². The number of rotatable bonds is 3. The van der Waals surface area contributed by atoms with Crippen LogP contribution in [0.25, 0.3) is 6.08 Å². The average Bonchev–Trinajstić information content (AvgIpc) is 2.28. The molecule has 0 amide bonds. The van der Waals surface area contributed by atoms with Crippen molar-refractivity contribution in [1.82, 2.24) is 4.98 Å². The van der Waals surface area contributed by atoms with E-state index >= 15 is 0 Å². The van der Waals surface area contributed by atoms with E-state index in [4.69, 9.17) is 10.2 Å². The smallest absolute Gasteiger partial charge is 0.328 e. The van der Waals surface area contributed by atoms with Crippen LogP contribution in [0.3, 0.4) is 0 Å². The summed E-state index contributed by atoms with van der Waals surface area (Å²) in [5, 5.41) is 15.6. The second-order valence-electron chi connectivity index (χ2n) is 2.47. The minimum Gasteiger partial charge on any atom is -0.478 e. The summed E-state index contributed by atoms with van der Waals surface area (Å²) in [5.41, 5.74) is 0.924. The number of carboxylic acid groups (broad SMARTS) is 2. The highest BCUT2D eigenvalue weighted by molar-refractivity contribution is 5.89. The number of hydrogen-bond acceptors (Lipinski definition) is 3. The fourth-order valence-electron chi connectivity index (χ4n) is 0.639. The quantitative estimate of drug-likeness (QED) is 0.754. The number of aliphatic carboxylic acids is 2. The Bertz CT molecular complexity index is 368. The molecule has 1 heterocycles. The lowest BCUT2D eigenvalue weighted by atomic mass is 10.4. The summed E-state index contributed by atoms with van der Waals surface area (Å²) in [4.78, 5) is 23.1. The molecule has 0 aliphatic heterocycles. The summed E-state index contributed by atoms with van der Waals surface area (Å²) in [6.45, 7) is 3.57. The number of carboxylic acids is 2. The van der Waals surface area contributed by atoms with Crippen molar-refractivity contribution in [2.75, 3.05) is 0 Å². The van der Waals surface area contributed by atoms with Crippen LogP contribution in [0.4, 0.5) is 0 Å². The summed E-state index contributed by atoms with van der Waals surface area (Å²) in [7, 11) is 0. The maximum atomic E-state index is 9.55. The van der Waals surface area contributed by atoms with E-state index in [0.717, 1.165) is 5.69 Å². The largest absolute Gasteiger partial charge is 0.478 e. The van der Waals surface area contributed by atoms with Crippen LogP contribution in [-0.2, 0) is 9.59 Å². The Labute approximate surface area is 92.4 Å². The SMILES string of the molecule is C=Cc1ccccn1.O=C(O)/C=C\C(=O)O. The number of hydrogen-bond donors (Lipinski definition) is 2. The number of nitrogens with zero attached hydrogens (tertiary/aromatic N) is 1. The van der Waals surface area contributed by atoms with Crippen molar-refractivity contribution in [1.29, 1.82) is 0 Å². The number of aromatic nitrogens is 1. The molecule has 5 heteroatoms. The third-order valence-corrected chi connectivity index (χ3v) is 1.27. The Morgan fingerprint density at radius 2 is 1.75 bits per heavy atom. The molecule has 0 bridgehead atoms. The molecule has 0 unspecified atom stereocenters. The van der Waals surface area contributed by atoms with E-state index in [0.29, 0.717) is 12.2 Å². The van der Waals surface area contributed by atoms with Gasteiger partial charge >= 0.3 is 11.9 Å². The second kappa shape index (κ2) is 7.93. The molecule has 0 saturated heterocycles. The molecule has 0 spiro atoms. The van der Waals surface area contributed by atoms with Crippen molar-refractivity contribution >= 4 is 18.0 Å². The van der Waals surface area contributed by atoms with E-state index in [1.165, 1.54) is 0 Å². The zero-order valence-corrected chi connectivity index (χ0v) is 8.41. The molecule has 1 aromatic rings. The topological polar surface area (TPSA) is 87.5 Å². The third kappa shape index (κ3) is 8.18. The predicted octanol–water partition coefficient (Wildman–Crippen LogP) is 1.44. The lowest BCUT2D eigenvalue weighted by Crippen LogP contribution is -1.91. The van der Waals surface area contributed by atoms with Gasteiger partial charge in [-0.2, -0.15) is 0 Å². The van der Waals surface area contributed by atoms with Crippen molar-refractivity contribution < 1.29 is 19.8 Å². The summed E-state index contributed by atoms with van der Waals surface area (Å²) in [6, 6.07) is 5.73. The Balaban J connectivity index is 0.000000281. The van der Waals surface area contributed by atoms with Gasteiger partial charge in [-0.15, -0.1) is 0 Å². The van der Waals surface area contributed by atoms with Gasteiger partial charge in [-0.1, -0.05) is 12.6 Å². The van der Waals surface area contributed by atoms with Gasteiger partial charge in [0.25, 0.3) is 0 Å². The molecule has 0 aliphatic rings. The fraction of sp³-hybridized carbons (Fsp3) is 0. The van der Waals surface area contributed by atoms with E-state index in [1.54, 1.807) is 12.3 Å². The average molecular weight is 221 g/mol. The van der Waals surface area contributed by atoms with Gasteiger partial charge in [0.15, 0.2) is 0 Å². The van der Waals surface area contributed by atoms with Gasteiger partial charge < -0.3 is 10.2 Å². The highest BCUT2D eigenvalue weighted by atomic mass is 16.4. The molecule has 0 radical (unpaired) electrons. The molecule has 0 fully saturated rings. The Morgan fingerprint density at radius 3 is 2.00 bits per heavy atom. The summed E-state index contributed by atoms with van der Waals surface area (Å²) in [6.07, 6.45) is 4.58. The van der Waals surface area contributed by atoms with E-state index in [9.17, 15) is 9.59 Å². The monoisotopic (exact) mass is 221 g/mol. The molecule has 0 aromatic carbocycles. The van der Waals surface area contributed by atoms with Gasteiger partial charge in [-0.3, -0.25) is 4.98 Å². The molecule has 0 atom stereocenters. The molecule has 1 aromatic heterocycles. The zero-order valence-electron chi connectivity index (χ0n) is 8.41. The number of pyridine rings is 1. The van der Waals surface area contributed by atoms with Gasteiger partial charge in [0.1, 0.15) is 0 Å². The van der Waals surface area contributed by atoms with Crippen LogP contribution in [0, 0.1) is 0 Å². The third-order valence-electron chi connectivity index (χ3n) is 1.27. The van der Waals surface area contributed by atoms with Gasteiger partial charge in [-0.25, -0.2) is 9.59 Å². The van der Waals surface area contributed by atoms with Crippen molar-refractivity contribution in [2.24, 2.45) is 0 Å². The molecule has 0 aliphatic carbocycles. The maximum absolute atomic E-state index is 9.55. The second-order valence-corrected chi connectivity index (χ2v) is 2.47. The van der Waals surface area contributed by atoms with Gasteiger partial charge in [0.05, 0.1) is 5.69 Å². The van der Waals surface area contributed by atoms with E-state index < -0.39 is 11.9 Å². The molecule has 84 valence electrons. The lowest BCUT2D eigenvalue weighted by molar-refractivity contribution is -0.134. The Kier molecular flexibility index (Phi) is 6.72. The van der Waals surface area contributed by atoms with Crippen LogP contribution in [0.2, 0.25) is 0 Å². The summed E-state index contributed by atoms with van der Waals surface area (Å²) in [5.74, 6) is -2.51. The number of carbonyl (C=O) groups is 2. The highest BCUT2D eigenvalue weighted by Gasteiger charge is 1.88. The molecule has 1 rings (SSSR count).